The summed E-state index contributed by atoms with van der Waals surface area (Å²) in [5.74, 6) is -0.423. The first-order valence-electron chi connectivity index (χ1n) is 10.8. The van der Waals surface area contributed by atoms with E-state index in [0.717, 1.165) is 5.56 Å². The smallest absolute Gasteiger partial charge is 0.337 e. The maximum absolute atomic E-state index is 12.6. The molecule has 1 heterocycles. The number of ether oxygens (including phenoxy) is 1. The molecule has 0 radical (unpaired) electrons. The zero-order chi connectivity index (χ0) is 24.7. The Hall–Kier alpha value is -4.20. The zero-order valence-corrected chi connectivity index (χ0v) is 19.5. The summed E-state index contributed by atoms with van der Waals surface area (Å²) in [6, 6.07) is 16.6. The number of hydrogen-bond acceptors (Lipinski definition) is 6. The molecule has 3 aromatic rings. The van der Waals surface area contributed by atoms with Crippen molar-refractivity contribution in [2.24, 2.45) is 11.0 Å². The standard InChI is InChI=1S/C26H27N3O5/c1-16(2)23(28-24(30)18-10-8-17(3)9-11-18)25(31)29-27-15-21-12-13-22(34-21)19-6-5-7-20(14-19)26(32)33-4/h5-16,23H,1-4H3,(H,28,30)(H,29,31)/b27-15+. The number of esters is 1. The van der Waals surface area contributed by atoms with Gasteiger partial charge < -0.3 is 14.5 Å². The van der Waals surface area contributed by atoms with Crippen molar-refractivity contribution in [1.29, 1.82) is 0 Å². The van der Waals surface area contributed by atoms with Gasteiger partial charge in [-0.1, -0.05) is 43.7 Å². The van der Waals surface area contributed by atoms with Gasteiger partial charge >= 0.3 is 5.97 Å². The molecule has 8 heteroatoms. The van der Waals surface area contributed by atoms with Gasteiger partial charge in [-0.3, -0.25) is 9.59 Å². The number of methoxy groups -OCH3 is 1. The van der Waals surface area contributed by atoms with E-state index in [2.05, 4.69) is 15.8 Å². The number of amides is 2. The highest BCUT2D eigenvalue weighted by molar-refractivity contribution is 5.97. The molecular formula is C26H27N3O5. The number of hydrogen-bond donors (Lipinski definition) is 2. The Balaban J connectivity index is 1.63. The summed E-state index contributed by atoms with van der Waals surface area (Å²) in [5.41, 5.74) is 5.08. The highest BCUT2D eigenvalue weighted by atomic mass is 16.5. The van der Waals surface area contributed by atoms with Crippen LogP contribution in [0.15, 0.2) is 70.2 Å². The molecule has 1 atom stereocenters. The van der Waals surface area contributed by atoms with Crippen LogP contribution in [0.4, 0.5) is 0 Å². The van der Waals surface area contributed by atoms with E-state index < -0.39 is 17.9 Å². The first-order valence-corrected chi connectivity index (χ1v) is 10.8. The monoisotopic (exact) mass is 461 g/mol. The molecule has 0 bridgehead atoms. The maximum atomic E-state index is 12.6. The van der Waals surface area contributed by atoms with Gasteiger partial charge in [0.15, 0.2) is 0 Å². The van der Waals surface area contributed by atoms with E-state index >= 15 is 0 Å². The Morgan fingerprint density at radius 1 is 1.00 bits per heavy atom. The zero-order valence-electron chi connectivity index (χ0n) is 19.5. The molecular weight excluding hydrogens is 434 g/mol. The van der Waals surface area contributed by atoms with Crippen molar-refractivity contribution in [1.82, 2.24) is 10.7 Å². The second kappa shape index (κ2) is 11.1. The van der Waals surface area contributed by atoms with E-state index in [1.165, 1.54) is 13.3 Å². The van der Waals surface area contributed by atoms with Crippen LogP contribution in [0, 0.1) is 12.8 Å². The Morgan fingerprint density at radius 3 is 2.41 bits per heavy atom. The number of carbonyl (C=O) groups is 3. The van der Waals surface area contributed by atoms with Gasteiger partial charge in [0.1, 0.15) is 17.6 Å². The number of nitrogens with one attached hydrogen (secondary N) is 2. The van der Waals surface area contributed by atoms with Crippen LogP contribution in [0.25, 0.3) is 11.3 Å². The minimum Gasteiger partial charge on any atom is -0.465 e. The lowest BCUT2D eigenvalue weighted by molar-refractivity contribution is -0.123. The topological polar surface area (TPSA) is 110 Å². The second-order valence-electron chi connectivity index (χ2n) is 8.07. The number of benzene rings is 2. The third kappa shape index (κ3) is 6.19. The average Bonchev–Trinajstić information content (AvgIpc) is 3.31. The molecule has 2 aromatic carbocycles. The maximum Gasteiger partial charge on any atom is 0.337 e. The molecule has 0 fully saturated rings. The Bertz CT molecular complexity index is 1200. The predicted octanol–water partition coefficient (Wildman–Crippen LogP) is 3.95. The van der Waals surface area contributed by atoms with Gasteiger partial charge in [-0.2, -0.15) is 5.10 Å². The molecule has 0 spiro atoms. The molecule has 2 amide bonds. The van der Waals surface area contributed by atoms with Gasteiger partial charge in [0.25, 0.3) is 11.8 Å². The number of nitrogens with zero attached hydrogens (tertiary/aromatic N) is 1. The van der Waals surface area contributed by atoms with Crippen LogP contribution in [0.3, 0.4) is 0 Å². The van der Waals surface area contributed by atoms with Crippen LogP contribution in [-0.4, -0.2) is 37.1 Å². The lowest BCUT2D eigenvalue weighted by Crippen LogP contribution is -2.48. The van der Waals surface area contributed by atoms with Crippen molar-refractivity contribution >= 4 is 24.0 Å². The van der Waals surface area contributed by atoms with Gasteiger partial charge in [-0.05, 0) is 49.2 Å². The fraction of sp³-hybridized carbons (Fsp3) is 0.231. The molecule has 0 aliphatic heterocycles. The summed E-state index contributed by atoms with van der Waals surface area (Å²) in [7, 11) is 1.32. The summed E-state index contributed by atoms with van der Waals surface area (Å²) in [5, 5.41) is 6.72. The second-order valence-corrected chi connectivity index (χ2v) is 8.07. The normalized spacial score (nSPS) is 11.9. The largest absolute Gasteiger partial charge is 0.465 e. The van der Waals surface area contributed by atoms with Crippen LogP contribution in [-0.2, 0) is 9.53 Å². The van der Waals surface area contributed by atoms with Crippen molar-refractivity contribution in [3.05, 3.63) is 83.1 Å². The lowest BCUT2D eigenvalue weighted by Gasteiger charge is -2.20. The highest BCUT2D eigenvalue weighted by Crippen LogP contribution is 2.23. The number of aryl methyl sites for hydroxylation is 1. The molecule has 2 N–H and O–H groups in total. The molecule has 0 aliphatic carbocycles. The SMILES string of the molecule is COC(=O)c1cccc(-c2ccc(/C=N/NC(=O)C(NC(=O)c3ccc(C)cc3)C(C)C)o2)c1. The van der Waals surface area contributed by atoms with Gasteiger partial charge in [0.2, 0.25) is 0 Å². The fourth-order valence-corrected chi connectivity index (χ4v) is 3.19. The van der Waals surface area contributed by atoms with Gasteiger partial charge in [0, 0.05) is 11.1 Å². The molecule has 8 nitrogen and oxygen atoms in total. The number of furan rings is 1. The summed E-state index contributed by atoms with van der Waals surface area (Å²) in [6.07, 6.45) is 1.37. The number of rotatable bonds is 8. The molecule has 176 valence electrons. The summed E-state index contributed by atoms with van der Waals surface area (Å²) in [4.78, 5) is 36.9. The van der Waals surface area contributed by atoms with Gasteiger partial charge in [0.05, 0.1) is 18.9 Å². The van der Waals surface area contributed by atoms with E-state index in [-0.39, 0.29) is 11.8 Å². The Kier molecular flexibility index (Phi) is 7.97. The molecule has 0 saturated heterocycles. The van der Waals surface area contributed by atoms with Crippen LogP contribution >= 0.6 is 0 Å². The molecule has 0 saturated carbocycles. The molecule has 0 aliphatic rings. The molecule has 1 unspecified atom stereocenters. The number of hydrazone groups is 1. The van der Waals surface area contributed by atoms with Crippen LogP contribution in [0.1, 0.15) is 45.9 Å². The third-order valence-electron chi connectivity index (χ3n) is 5.11. The first-order chi connectivity index (χ1) is 16.3. The first kappa shape index (κ1) is 24.4. The van der Waals surface area contributed by atoms with Crippen molar-refractivity contribution in [2.75, 3.05) is 7.11 Å². The van der Waals surface area contributed by atoms with Crippen molar-refractivity contribution in [3.8, 4) is 11.3 Å². The van der Waals surface area contributed by atoms with E-state index in [1.807, 2.05) is 32.9 Å². The van der Waals surface area contributed by atoms with Crippen LogP contribution in [0.5, 0.6) is 0 Å². The van der Waals surface area contributed by atoms with E-state index in [0.29, 0.717) is 28.2 Å². The van der Waals surface area contributed by atoms with Crippen molar-refractivity contribution < 1.29 is 23.5 Å². The minimum atomic E-state index is -0.765. The van der Waals surface area contributed by atoms with E-state index in [9.17, 15) is 14.4 Å². The predicted molar refractivity (Wildman–Crippen MR) is 128 cm³/mol. The summed E-state index contributed by atoms with van der Waals surface area (Å²) >= 11 is 0. The third-order valence-corrected chi connectivity index (χ3v) is 5.11. The van der Waals surface area contributed by atoms with Gasteiger partial charge in [-0.25, -0.2) is 10.2 Å². The quantitative estimate of drug-likeness (QED) is 0.300. The Labute approximate surface area is 198 Å². The Morgan fingerprint density at radius 2 is 1.74 bits per heavy atom. The molecule has 34 heavy (non-hydrogen) atoms. The van der Waals surface area contributed by atoms with Gasteiger partial charge in [-0.15, -0.1) is 0 Å². The highest BCUT2D eigenvalue weighted by Gasteiger charge is 2.24. The summed E-state index contributed by atoms with van der Waals surface area (Å²) in [6.45, 7) is 5.61. The average molecular weight is 462 g/mol. The van der Waals surface area contributed by atoms with Crippen molar-refractivity contribution in [2.45, 2.75) is 26.8 Å². The van der Waals surface area contributed by atoms with Crippen LogP contribution in [0.2, 0.25) is 0 Å². The summed E-state index contributed by atoms with van der Waals surface area (Å²) < 4.78 is 10.5. The fourth-order valence-electron chi connectivity index (χ4n) is 3.19. The van der Waals surface area contributed by atoms with Crippen molar-refractivity contribution in [3.63, 3.8) is 0 Å². The van der Waals surface area contributed by atoms with E-state index in [4.69, 9.17) is 9.15 Å². The number of carbonyl (C=O) groups excluding carboxylic acids is 3. The molecule has 1 aromatic heterocycles. The van der Waals surface area contributed by atoms with E-state index in [1.54, 1.807) is 48.5 Å². The molecule has 3 rings (SSSR count). The minimum absolute atomic E-state index is 0.151. The lowest BCUT2D eigenvalue weighted by atomic mass is 10.0. The van der Waals surface area contributed by atoms with Crippen LogP contribution < -0.4 is 10.7 Å².